The first kappa shape index (κ1) is 14.8. The standard InChI is InChI=1S/C17H20N2O3/c1-12-10-19(11-13(2)21-12)17(20)9-15-8-16(22-18-15)14-6-4-3-5-7-14/h3-8,12-13H,9-11H2,1-2H3. The number of aromatic nitrogens is 1. The van der Waals surface area contributed by atoms with Crippen LogP contribution >= 0.6 is 0 Å². The molecule has 1 fully saturated rings. The van der Waals surface area contributed by atoms with E-state index in [9.17, 15) is 4.79 Å². The summed E-state index contributed by atoms with van der Waals surface area (Å²) in [7, 11) is 0. The zero-order chi connectivity index (χ0) is 15.5. The van der Waals surface area contributed by atoms with Crippen molar-refractivity contribution in [2.24, 2.45) is 0 Å². The minimum absolute atomic E-state index is 0.0647. The highest BCUT2D eigenvalue weighted by molar-refractivity contribution is 5.78. The van der Waals surface area contributed by atoms with Gasteiger partial charge in [0.05, 0.1) is 24.3 Å². The van der Waals surface area contributed by atoms with Crippen LogP contribution in [-0.2, 0) is 16.0 Å². The fraction of sp³-hybridized carbons (Fsp3) is 0.412. The van der Waals surface area contributed by atoms with Gasteiger partial charge in [0.15, 0.2) is 5.76 Å². The van der Waals surface area contributed by atoms with E-state index in [1.165, 1.54) is 0 Å². The third-order valence-corrected chi connectivity index (χ3v) is 3.72. The largest absolute Gasteiger partial charge is 0.372 e. The Balaban J connectivity index is 1.66. The number of amides is 1. The van der Waals surface area contributed by atoms with Gasteiger partial charge in [0.2, 0.25) is 5.91 Å². The van der Waals surface area contributed by atoms with E-state index in [1.807, 2.05) is 55.1 Å². The number of benzene rings is 1. The molecule has 0 N–H and O–H groups in total. The Morgan fingerprint density at radius 3 is 2.59 bits per heavy atom. The first-order chi connectivity index (χ1) is 10.6. The molecule has 5 heteroatoms. The average Bonchev–Trinajstić information content (AvgIpc) is 2.95. The molecule has 0 radical (unpaired) electrons. The van der Waals surface area contributed by atoms with Crippen LogP contribution in [0.1, 0.15) is 19.5 Å². The Morgan fingerprint density at radius 1 is 1.23 bits per heavy atom. The minimum Gasteiger partial charge on any atom is -0.372 e. The SMILES string of the molecule is CC1CN(C(=O)Cc2cc(-c3ccccc3)on2)CC(C)O1. The van der Waals surface area contributed by atoms with Crippen molar-refractivity contribution >= 4 is 5.91 Å². The number of rotatable bonds is 3. The van der Waals surface area contributed by atoms with Gasteiger partial charge in [-0.15, -0.1) is 0 Å². The second-order valence-corrected chi connectivity index (χ2v) is 5.78. The zero-order valence-electron chi connectivity index (χ0n) is 12.9. The summed E-state index contributed by atoms with van der Waals surface area (Å²) >= 11 is 0. The van der Waals surface area contributed by atoms with Crippen molar-refractivity contribution in [2.45, 2.75) is 32.5 Å². The quantitative estimate of drug-likeness (QED) is 0.874. The molecule has 1 aliphatic heterocycles. The van der Waals surface area contributed by atoms with Gasteiger partial charge >= 0.3 is 0 Å². The zero-order valence-corrected chi connectivity index (χ0v) is 12.9. The van der Waals surface area contributed by atoms with Crippen LogP contribution < -0.4 is 0 Å². The van der Waals surface area contributed by atoms with Crippen molar-refractivity contribution in [3.05, 3.63) is 42.1 Å². The molecule has 3 rings (SSSR count). The van der Waals surface area contributed by atoms with E-state index in [1.54, 1.807) is 0 Å². The second-order valence-electron chi connectivity index (χ2n) is 5.78. The minimum atomic E-state index is 0.0647. The van der Waals surface area contributed by atoms with E-state index < -0.39 is 0 Å². The Bertz CT molecular complexity index is 628. The lowest BCUT2D eigenvalue weighted by Gasteiger charge is -2.35. The molecule has 0 spiro atoms. The molecule has 116 valence electrons. The van der Waals surface area contributed by atoms with Crippen molar-refractivity contribution in [3.8, 4) is 11.3 Å². The van der Waals surface area contributed by atoms with Gasteiger partial charge in [0.25, 0.3) is 0 Å². The predicted molar refractivity (Wildman–Crippen MR) is 82.2 cm³/mol. The number of nitrogens with zero attached hydrogens (tertiary/aromatic N) is 2. The molecule has 22 heavy (non-hydrogen) atoms. The second kappa shape index (κ2) is 6.32. The van der Waals surface area contributed by atoms with E-state index in [-0.39, 0.29) is 24.5 Å². The molecule has 1 saturated heterocycles. The van der Waals surface area contributed by atoms with Gasteiger partial charge in [-0.2, -0.15) is 0 Å². The lowest BCUT2D eigenvalue weighted by Crippen LogP contribution is -2.48. The maximum absolute atomic E-state index is 12.4. The maximum Gasteiger partial charge on any atom is 0.228 e. The summed E-state index contributed by atoms with van der Waals surface area (Å²) < 4.78 is 11.0. The van der Waals surface area contributed by atoms with Gasteiger partial charge in [-0.1, -0.05) is 35.5 Å². The average molecular weight is 300 g/mol. The summed E-state index contributed by atoms with van der Waals surface area (Å²) in [4.78, 5) is 14.2. The molecule has 0 aliphatic carbocycles. The molecule has 1 aromatic carbocycles. The van der Waals surface area contributed by atoms with E-state index in [2.05, 4.69) is 5.16 Å². The van der Waals surface area contributed by atoms with E-state index in [0.717, 1.165) is 5.56 Å². The third-order valence-electron chi connectivity index (χ3n) is 3.72. The van der Waals surface area contributed by atoms with Crippen molar-refractivity contribution < 1.29 is 14.1 Å². The lowest BCUT2D eigenvalue weighted by atomic mass is 10.1. The van der Waals surface area contributed by atoms with Gasteiger partial charge in [-0.3, -0.25) is 4.79 Å². The van der Waals surface area contributed by atoms with Crippen molar-refractivity contribution in [1.82, 2.24) is 10.1 Å². The first-order valence-corrected chi connectivity index (χ1v) is 7.56. The summed E-state index contributed by atoms with van der Waals surface area (Å²) in [6.07, 6.45) is 0.408. The van der Waals surface area contributed by atoms with Crippen LogP contribution in [0.5, 0.6) is 0 Å². The highest BCUT2D eigenvalue weighted by atomic mass is 16.5. The fourth-order valence-electron chi connectivity index (χ4n) is 2.78. The predicted octanol–water partition coefficient (Wildman–Crippen LogP) is 2.52. The molecular weight excluding hydrogens is 280 g/mol. The van der Waals surface area contributed by atoms with Crippen LogP contribution in [0.15, 0.2) is 40.9 Å². The summed E-state index contributed by atoms with van der Waals surface area (Å²) in [5.41, 5.74) is 1.62. The van der Waals surface area contributed by atoms with Gasteiger partial charge < -0.3 is 14.2 Å². The molecule has 2 heterocycles. The fourth-order valence-corrected chi connectivity index (χ4v) is 2.78. The topological polar surface area (TPSA) is 55.6 Å². The van der Waals surface area contributed by atoms with Gasteiger partial charge in [-0.05, 0) is 13.8 Å². The Kier molecular flexibility index (Phi) is 4.24. The number of hydrogen-bond donors (Lipinski definition) is 0. The summed E-state index contributed by atoms with van der Waals surface area (Å²) in [6.45, 7) is 5.23. The van der Waals surface area contributed by atoms with Crippen LogP contribution in [0.3, 0.4) is 0 Å². The van der Waals surface area contributed by atoms with Crippen LogP contribution in [0.25, 0.3) is 11.3 Å². The van der Waals surface area contributed by atoms with E-state index >= 15 is 0 Å². The number of ether oxygens (including phenoxy) is 1. The Hall–Kier alpha value is -2.14. The summed E-state index contributed by atoms with van der Waals surface area (Å²) in [5, 5.41) is 4.01. The highest BCUT2D eigenvalue weighted by Crippen LogP contribution is 2.20. The number of morpholine rings is 1. The molecule has 2 unspecified atom stereocenters. The molecular formula is C17H20N2O3. The van der Waals surface area contributed by atoms with E-state index in [4.69, 9.17) is 9.26 Å². The lowest BCUT2D eigenvalue weighted by molar-refractivity contribution is -0.142. The number of carbonyl (C=O) groups excluding carboxylic acids is 1. The Labute approximate surface area is 129 Å². The number of hydrogen-bond acceptors (Lipinski definition) is 4. The van der Waals surface area contributed by atoms with Crippen molar-refractivity contribution in [3.63, 3.8) is 0 Å². The summed E-state index contributed by atoms with van der Waals surface area (Å²) in [6, 6.07) is 11.6. The normalized spacial score (nSPS) is 21.8. The van der Waals surface area contributed by atoms with Crippen LogP contribution in [0.2, 0.25) is 0 Å². The highest BCUT2D eigenvalue weighted by Gasteiger charge is 2.26. The van der Waals surface area contributed by atoms with Crippen LogP contribution in [-0.4, -0.2) is 41.3 Å². The first-order valence-electron chi connectivity index (χ1n) is 7.56. The molecule has 1 amide bonds. The van der Waals surface area contributed by atoms with Gasteiger partial charge in [0.1, 0.15) is 0 Å². The molecule has 1 aromatic heterocycles. The van der Waals surface area contributed by atoms with E-state index in [0.29, 0.717) is 24.5 Å². The molecule has 2 aromatic rings. The van der Waals surface area contributed by atoms with Gasteiger partial charge in [-0.25, -0.2) is 0 Å². The Morgan fingerprint density at radius 2 is 1.91 bits per heavy atom. The van der Waals surface area contributed by atoms with Gasteiger partial charge in [0, 0.05) is 24.7 Å². The van der Waals surface area contributed by atoms with Crippen LogP contribution in [0.4, 0.5) is 0 Å². The van der Waals surface area contributed by atoms with Crippen molar-refractivity contribution in [2.75, 3.05) is 13.1 Å². The third kappa shape index (κ3) is 3.36. The van der Waals surface area contributed by atoms with Crippen LogP contribution in [0, 0.1) is 0 Å². The smallest absolute Gasteiger partial charge is 0.228 e. The molecule has 5 nitrogen and oxygen atoms in total. The molecule has 1 aliphatic rings. The number of carbonyl (C=O) groups is 1. The van der Waals surface area contributed by atoms with Crippen molar-refractivity contribution in [1.29, 1.82) is 0 Å². The molecule has 2 atom stereocenters. The molecule has 0 bridgehead atoms. The summed E-state index contributed by atoms with van der Waals surface area (Å²) in [5.74, 6) is 0.752. The monoisotopic (exact) mass is 300 g/mol. The molecule has 0 saturated carbocycles. The maximum atomic E-state index is 12.4.